The first-order valence-corrected chi connectivity index (χ1v) is 7.24. The number of benzene rings is 1. The van der Waals surface area contributed by atoms with Crippen LogP contribution in [0.25, 0.3) is 0 Å². The number of aromatic amines is 1. The Morgan fingerprint density at radius 2 is 1.87 bits per heavy atom. The van der Waals surface area contributed by atoms with E-state index in [9.17, 15) is 9.59 Å². The van der Waals surface area contributed by atoms with Crippen LogP contribution in [0.4, 0.5) is 0 Å². The third-order valence-electron chi connectivity index (χ3n) is 3.54. The minimum absolute atomic E-state index is 0.0723. The van der Waals surface area contributed by atoms with E-state index in [0.717, 1.165) is 5.56 Å². The lowest BCUT2D eigenvalue weighted by Crippen LogP contribution is -2.33. The van der Waals surface area contributed by atoms with Gasteiger partial charge in [0.2, 0.25) is 0 Å². The Morgan fingerprint density at radius 1 is 1.09 bits per heavy atom. The second-order valence-corrected chi connectivity index (χ2v) is 5.22. The standard InChI is InChI=1S/C18H16N2O3/c1-12-9-10-14(17(21)19-12)18(22)20-16(15-8-5-11-23-15)13-6-3-2-4-7-13/h2-11,16H,1H3,(H,19,21)(H,20,22). The van der Waals surface area contributed by atoms with Crippen molar-refractivity contribution in [2.24, 2.45) is 0 Å². The Balaban J connectivity index is 1.93. The number of aryl methyl sites for hydroxylation is 1. The molecule has 0 aliphatic carbocycles. The van der Waals surface area contributed by atoms with Gasteiger partial charge in [-0.1, -0.05) is 30.3 Å². The number of H-pyrrole nitrogens is 1. The maximum absolute atomic E-state index is 12.5. The van der Waals surface area contributed by atoms with E-state index >= 15 is 0 Å². The molecule has 0 spiro atoms. The summed E-state index contributed by atoms with van der Waals surface area (Å²) in [5.41, 5.74) is 1.24. The molecule has 2 heterocycles. The van der Waals surface area contributed by atoms with Crippen molar-refractivity contribution >= 4 is 5.91 Å². The molecule has 3 rings (SSSR count). The van der Waals surface area contributed by atoms with Gasteiger partial charge in [-0.2, -0.15) is 0 Å². The third-order valence-corrected chi connectivity index (χ3v) is 3.54. The van der Waals surface area contributed by atoms with E-state index < -0.39 is 17.5 Å². The van der Waals surface area contributed by atoms with E-state index in [2.05, 4.69) is 10.3 Å². The molecule has 3 aromatic rings. The molecule has 2 N–H and O–H groups in total. The van der Waals surface area contributed by atoms with Crippen LogP contribution < -0.4 is 10.9 Å². The van der Waals surface area contributed by atoms with Gasteiger partial charge in [0.05, 0.1) is 6.26 Å². The van der Waals surface area contributed by atoms with Gasteiger partial charge in [0.1, 0.15) is 17.4 Å². The fraction of sp³-hybridized carbons (Fsp3) is 0.111. The summed E-state index contributed by atoms with van der Waals surface area (Å²) >= 11 is 0. The molecule has 0 saturated heterocycles. The predicted molar refractivity (Wildman–Crippen MR) is 86.3 cm³/mol. The number of rotatable bonds is 4. The van der Waals surface area contributed by atoms with Gasteiger partial charge in [-0.05, 0) is 36.8 Å². The molecule has 23 heavy (non-hydrogen) atoms. The number of hydrogen-bond acceptors (Lipinski definition) is 3. The van der Waals surface area contributed by atoms with Gasteiger partial charge in [-0.25, -0.2) is 0 Å². The van der Waals surface area contributed by atoms with Gasteiger partial charge in [-0.3, -0.25) is 9.59 Å². The van der Waals surface area contributed by atoms with E-state index in [4.69, 9.17) is 4.42 Å². The minimum atomic E-state index is -0.459. The van der Waals surface area contributed by atoms with Gasteiger partial charge in [0.15, 0.2) is 0 Å². The van der Waals surface area contributed by atoms with Crippen LogP contribution in [-0.2, 0) is 0 Å². The molecule has 116 valence electrons. The van der Waals surface area contributed by atoms with Crippen molar-refractivity contribution < 1.29 is 9.21 Å². The second-order valence-electron chi connectivity index (χ2n) is 5.22. The largest absolute Gasteiger partial charge is 0.467 e. The summed E-state index contributed by atoms with van der Waals surface area (Å²) in [6.07, 6.45) is 1.55. The molecule has 0 aliphatic rings. The minimum Gasteiger partial charge on any atom is -0.467 e. The highest BCUT2D eigenvalue weighted by atomic mass is 16.3. The number of amides is 1. The zero-order chi connectivity index (χ0) is 16.2. The number of nitrogens with one attached hydrogen (secondary N) is 2. The summed E-state index contributed by atoms with van der Waals surface area (Å²) in [4.78, 5) is 27.1. The molecule has 0 radical (unpaired) electrons. The lowest BCUT2D eigenvalue weighted by atomic mass is 10.0. The first kappa shape index (κ1) is 14.8. The van der Waals surface area contributed by atoms with Crippen LogP contribution in [0.15, 0.2) is 70.1 Å². The van der Waals surface area contributed by atoms with Crippen LogP contribution in [0.5, 0.6) is 0 Å². The quantitative estimate of drug-likeness (QED) is 0.778. The van der Waals surface area contributed by atoms with Crippen molar-refractivity contribution in [3.8, 4) is 0 Å². The average molecular weight is 308 g/mol. The van der Waals surface area contributed by atoms with Crippen LogP contribution in [0.3, 0.4) is 0 Å². The molecule has 1 atom stereocenters. The molecule has 5 heteroatoms. The van der Waals surface area contributed by atoms with E-state index in [1.165, 1.54) is 6.07 Å². The number of carbonyl (C=O) groups excluding carboxylic acids is 1. The van der Waals surface area contributed by atoms with Crippen molar-refractivity contribution in [1.82, 2.24) is 10.3 Å². The zero-order valence-electron chi connectivity index (χ0n) is 12.6. The lowest BCUT2D eigenvalue weighted by Gasteiger charge is -2.17. The molecule has 0 saturated carbocycles. The summed E-state index contributed by atoms with van der Waals surface area (Å²) in [5, 5.41) is 2.86. The monoisotopic (exact) mass is 308 g/mol. The van der Waals surface area contributed by atoms with Gasteiger partial charge in [-0.15, -0.1) is 0 Å². The van der Waals surface area contributed by atoms with Crippen molar-refractivity contribution in [3.63, 3.8) is 0 Å². The second kappa shape index (κ2) is 6.36. The fourth-order valence-electron chi connectivity index (χ4n) is 2.38. The maximum atomic E-state index is 12.5. The molecule has 0 bridgehead atoms. The Labute approximate surface area is 133 Å². The number of pyridine rings is 1. The van der Waals surface area contributed by atoms with Crippen molar-refractivity contribution in [2.45, 2.75) is 13.0 Å². The highest BCUT2D eigenvalue weighted by Crippen LogP contribution is 2.22. The molecule has 1 unspecified atom stereocenters. The summed E-state index contributed by atoms with van der Waals surface area (Å²) in [6, 6.07) is 15.8. The van der Waals surface area contributed by atoms with Crippen LogP contribution in [0, 0.1) is 6.92 Å². The Bertz CT molecular complexity index is 851. The predicted octanol–water partition coefficient (Wildman–Crippen LogP) is 2.80. The van der Waals surface area contributed by atoms with E-state index in [0.29, 0.717) is 11.5 Å². The van der Waals surface area contributed by atoms with E-state index in [-0.39, 0.29) is 5.56 Å². The normalized spacial score (nSPS) is 11.9. The van der Waals surface area contributed by atoms with Crippen LogP contribution in [0.1, 0.15) is 33.4 Å². The van der Waals surface area contributed by atoms with Gasteiger partial charge in [0.25, 0.3) is 11.5 Å². The number of aromatic nitrogens is 1. The number of carbonyl (C=O) groups is 1. The topological polar surface area (TPSA) is 75.1 Å². The lowest BCUT2D eigenvalue weighted by molar-refractivity contribution is 0.0937. The van der Waals surface area contributed by atoms with Crippen LogP contribution in [0.2, 0.25) is 0 Å². The SMILES string of the molecule is Cc1ccc(C(=O)NC(c2ccccc2)c2ccco2)c(=O)[nH]1. The first-order valence-electron chi connectivity index (χ1n) is 7.24. The summed E-state index contributed by atoms with van der Waals surface area (Å²) < 4.78 is 5.44. The fourth-order valence-corrected chi connectivity index (χ4v) is 2.38. The molecule has 2 aromatic heterocycles. The first-order chi connectivity index (χ1) is 11.1. The molecule has 0 aliphatic heterocycles. The van der Waals surface area contributed by atoms with Crippen molar-refractivity contribution in [2.75, 3.05) is 0 Å². The van der Waals surface area contributed by atoms with Gasteiger partial charge >= 0.3 is 0 Å². The Kier molecular flexibility index (Phi) is 4.10. The highest BCUT2D eigenvalue weighted by Gasteiger charge is 2.21. The van der Waals surface area contributed by atoms with Crippen molar-refractivity contribution in [1.29, 1.82) is 0 Å². The molecule has 0 fully saturated rings. The smallest absolute Gasteiger partial charge is 0.260 e. The van der Waals surface area contributed by atoms with Crippen LogP contribution in [-0.4, -0.2) is 10.9 Å². The number of hydrogen-bond donors (Lipinski definition) is 2. The van der Waals surface area contributed by atoms with Crippen molar-refractivity contribution in [3.05, 3.63) is 93.8 Å². The Morgan fingerprint density at radius 3 is 2.52 bits per heavy atom. The van der Waals surface area contributed by atoms with Crippen LogP contribution >= 0.6 is 0 Å². The summed E-state index contributed by atoms with van der Waals surface area (Å²) in [5.74, 6) is 0.157. The molecular formula is C18H16N2O3. The van der Waals surface area contributed by atoms with E-state index in [1.54, 1.807) is 31.4 Å². The molecule has 1 amide bonds. The zero-order valence-corrected chi connectivity index (χ0v) is 12.6. The number of furan rings is 1. The summed E-state index contributed by atoms with van der Waals surface area (Å²) in [6.45, 7) is 1.76. The molecule has 1 aromatic carbocycles. The van der Waals surface area contributed by atoms with Gasteiger partial charge < -0.3 is 14.7 Å². The van der Waals surface area contributed by atoms with E-state index in [1.807, 2.05) is 30.3 Å². The third kappa shape index (κ3) is 3.23. The van der Waals surface area contributed by atoms with Gasteiger partial charge in [0, 0.05) is 5.69 Å². The molecule has 5 nitrogen and oxygen atoms in total. The molecular weight excluding hydrogens is 292 g/mol. The Hall–Kier alpha value is -3.08. The summed E-state index contributed by atoms with van der Waals surface area (Å²) in [7, 11) is 0. The highest BCUT2D eigenvalue weighted by molar-refractivity contribution is 5.94. The maximum Gasteiger partial charge on any atom is 0.260 e. The average Bonchev–Trinajstić information content (AvgIpc) is 3.07.